The van der Waals surface area contributed by atoms with Gasteiger partial charge in [-0.1, -0.05) is 39.0 Å². The summed E-state index contributed by atoms with van der Waals surface area (Å²) in [5.41, 5.74) is 8.65. The van der Waals surface area contributed by atoms with Crippen LogP contribution in [0.5, 0.6) is 0 Å². The van der Waals surface area contributed by atoms with Crippen LogP contribution in [0, 0.1) is 11.3 Å². The monoisotopic (exact) mass is 246 g/mol. The molecule has 0 bridgehead atoms. The van der Waals surface area contributed by atoms with Gasteiger partial charge in [0.2, 0.25) is 0 Å². The number of hydrogen-bond donors (Lipinski definition) is 1. The zero-order chi connectivity index (χ0) is 13.2. The fourth-order valence-electron chi connectivity index (χ4n) is 2.78. The maximum absolute atomic E-state index is 5.98. The topological polar surface area (TPSA) is 29.3 Å². The summed E-state index contributed by atoms with van der Waals surface area (Å²) < 4.78 is 0. The number of hydrogen-bond acceptors (Lipinski definition) is 2. The van der Waals surface area contributed by atoms with Crippen molar-refractivity contribution in [2.75, 3.05) is 25.4 Å². The fourth-order valence-corrected chi connectivity index (χ4v) is 2.78. The molecule has 1 aromatic rings. The van der Waals surface area contributed by atoms with Crippen molar-refractivity contribution in [2.24, 2.45) is 11.3 Å². The van der Waals surface area contributed by atoms with Gasteiger partial charge >= 0.3 is 0 Å². The quantitative estimate of drug-likeness (QED) is 0.830. The fraction of sp³-hybridized carbons (Fsp3) is 0.625. The van der Waals surface area contributed by atoms with Crippen LogP contribution in [-0.2, 0) is 6.42 Å². The molecule has 1 atom stereocenters. The number of anilines is 1. The molecule has 1 saturated heterocycles. The summed E-state index contributed by atoms with van der Waals surface area (Å²) in [6.07, 6.45) is 2.41. The number of rotatable bonds is 3. The lowest BCUT2D eigenvalue weighted by atomic mass is 9.80. The van der Waals surface area contributed by atoms with Crippen molar-refractivity contribution in [2.45, 2.75) is 33.6 Å². The molecule has 2 heteroatoms. The van der Waals surface area contributed by atoms with Gasteiger partial charge < -0.3 is 10.6 Å². The van der Waals surface area contributed by atoms with Crippen molar-refractivity contribution in [3.05, 3.63) is 29.8 Å². The second-order valence-corrected chi connectivity index (χ2v) is 6.60. The first-order valence-corrected chi connectivity index (χ1v) is 7.02. The summed E-state index contributed by atoms with van der Waals surface area (Å²) in [5, 5.41) is 0. The van der Waals surface area contributed by atoms with Gasteiger partial charge in [-0.25, -0.2) is 0 Å². The predicted molar refractivity (Wildman–Crippen MR) is 78.6 cm³/mol. The molecule has 0 spiro atoms. The molecule has 0 amide bonds. The molecule has 1 aliphatic rings. The number of nitrogens with zero attached hydrogens (tertiary/aromatic N) is 1. The Balaban J connectivity index is 1.84. The first-order valence-electron chi connectivity index (χ1n) is 7.02. The average Bonchev–Trinajstić information content (AvgIpc) is 2.76. The van der Waals surface area contributed by atoms with E-state index in [-0.39, 0.29) is 0 Å². The van der Waals surface area contributed by atoms with Gasteiger partial charge in [-0.2, -0.15) is 0 Å². The minimum Gasteiger partial charge on any atom is -0.399 e. The van der Waals surface area contributed by atoms with Crippen molar-refractivity contribution in [1.29, 1.82) is 0 Å². The summed E-state index contributed by atoms with van der Waals surface area (Å²) in [4.78, 5) is 2.59. The molecule has 2 N–H and O–H groups in total. The van der Waals surface area contributed by atoms with Gasteiger partial charge in [-0.05, 0) is 42.3 Å². The van der Waals surface area contributed by atoms with Crippen LogP contribution >= 0.6 is 0 Å². The van der Waals surface area contributed by atoms with E-state index >= 15 is 0 Å². The molecule has 0 radical (unpaired) electrons. The normalized spacial score (nSPS) is 21.4. The Morgan fingerprint density at radius 1 is 1.28 bits per heavy atom. The van der Waals surface area contributed by atoms with Crippen LogP contribution < -0.4 is 5.73 Å². The third-order valence-electron chi connectivity index (χ3n) is 4.25. The largest absolute Gasteiger partial charge is 0.399 e. The molecule has 0 saturated carbocycles. The Bertz CT molecular complexity index is 392. The van der Waals surface area contributed by atoms with Crippen LogP contribution in [0.1, 0.15) is 32.8 Å². The highest BCUT2D eigenvalue weighted by molar-refractivity contribution is 5.46. The second kappa shape index (κ2) is 5.31. The Morgan fingerprint density at radius 3 is 2.61 bits per heavy atom. The van der Waals surface area contributed by atoms with Crippen LogP contribution in [0.3, 0.4) is 0 Å². The van der Waals surface area contributed by atoms with Gasteiger partial charge in [0, 0.05) is 18.8 Å². The third-order valence-corrected chi connectivity index (χ3v) is 4.25. The van der Waals surface area contributed by atoms with Gasteiger partial charge in [-0.3, -0.25) is 0 Å². The lowest BCUT2D eigenvalue weighted by molar-refractivity contribution is 0.230. The van der Waals surface area contributed by atoms with Gasteiger partial charge in [-0.15, -0.1) is 0 Å². The summed E-state index contributed by atoms with van der Waals surface area (Å²) in [7, 11) is 0. The van der Waals surface area contributed by atoms with E-state index in [1.807, 2.05) is 12.1 Å². The first kappa shape index (κ1) is 13.4. The molecule has 100 valence electrons. The molecule has 1 aliphatic heterocycles. The van der Waals surface area contributed by atoms with Gasteiger partial charge in [0.15, 0.2) is 0 Å². The number of nitrogen functional groups attached to an aromatic ring is 1. The third kappa shape index (κ3) is 3.26. The molecule has 1 fully saturated rings. The molecule has 0 aliphatic carbocycles. The molecule has 1 aromatic carbocycles. The summed E-state index contributed by atoms with van der Waals surface area (Å²) in [6.45, 7) is 10.7. The number of nitrogens with two attached hydrogens (primary N) is 1. The predicted octanol–water partition coefficient (Wildman–Crippen LogP) is 3.18. The van der Waals surface area contributed by atoms with Crippen molar-refractivity contribution >= 4 is 5.69 Å². The number of benzene rings is 1. The Hall–Kier alpha value is -1.02. The smallest absolute Gasteiger partial charge is 0.0347 e. The molecular formula is C16H26N2. The SMILES string of the molecule is CC(C)(C)C1CCN(CCc2ccccc2N)C1. The molecule has 1 heterocycles. The Morgan fingerprint density at radius 2 is 2.00 bits per heavy atom. The van der Waals surface area contributed by atoms with E-state index in [1.165, 1.54) is 25.1 Å². The molecular weight excluding hydrogens is 220 g/mol. The van der Waals surface area contributed by atoms with Crippen LogP contribution in [0.4, 0.5) is 5.69 Å². The molecule has 2 nitrogen and oxygen atoms in total. The lowest BCUT2D eigenvalue weighted by Crippen LogP contribution is -2.27. The minimum absolute atomic E-state index is 0.445. The van der Waals surface area contributed by atoms with Gasteiger partial charge in [0.05, 0.1) is 0 Å². The highest BCUT2D eigenvalue weighted by atomic mass is 15.1. The maximum atomic E-state index is 5.98. The zero-order valence-corrected chi connectivity index (χ0v) is 11.9. The van der Waals surface area contributed by atoms with E-state index in [0.717, 1.165) is 24.6 Å². The molecule has 18 heavy (non-hydrogen) atoms. The molecule has 1 unspecified atom stereocenters. The second-order valence-electron chi connectivity index (χ2n) is 6.60. The van der Waals surface area contributed by atoms with Gasteiger partial charge in [0.25, 0.3) is 0 Å². The van der Waals surface area contributed by atoms with Crippen LogP contribution in [0.15, 0.2) is 24.3 Å². The van der Waals surface area contributed by atoms with Gasteiger partial charge in [0.1, 0.15) is 0 Å². The molecule has 0 aromatic heterocycles. The van der Waals surface area contributed by atoms with E-state index in [0.29, 0.717) is 5.41 Å². The Kier molecular flexibility index (Phi) is 3.96. The lowest BCUT2D eigenvalue weighted by Gasteiger charge is -2.27. The van der Waals surface area contributed by atoms with Crippen LogP contribution in [0.25, 0.3) is 0 Å². The first-order chi connectivity index (χ1) is 8.47. The van der Waals surface area contributed by atoms with Crippen LogP contribution in [0.2, 0.25) is 0 Å². The maximum Gasteiger partial charge on any atom is 0.0347 e. The van der Waals surface area contributed by atoms with E-state index in [1.54, 1.807) is 0 Å². The van der Waals surface area contributed by atoms with E-state index < -0.39 is 0 Å². The van der Waals surface area contributed by atoms with Crippen LogP contribution in [-0.4, -0.2) is 24.5 Å². The Labute approximate surface area is 111 Å². The van der Waals surface area contributed by atoms with Crippen molar-refractivity contribution in [3.63, 3.8) is 0 Å². The zero-order valence-electron chi connectivity index (χ0n) is 11.9. The minimum atomic E-state index is 0.445. The number of para-hydroxylation sites is 1. The standard InChI is InChI=1S/C16H26N2/c1-16(2,3)14-9-11-18(12-14)10-8-13-6-4-5-7-15(13)17/h4-7,14H,8-12,17H2,1-3H3. The number of likely N-dealkylation sites (tertiary alicyclic amines) is 1. The van der Waals surface area contributed by atoms with Crippen molar-refractivity contribution in [3.8, 4) is 0 Å². The molecule has 2 rings (SSSR count). The summed E-state index contributed by atoms with van der Waals surface area (Å²) >= 11 is 0. The average molecular weight is 246 g/mol. The van der Waals surface area contributed by atoms with Crippen molar-refractivity contribution < 1.29 is 0 Å². The van der Waals surface area contributed by atoms with Crippen molar-refractivity contribution in [1.82, 2.24) is 4.90 Å². The van der Waals surface area contributed by atoms with E-state index in [2.05, 4.69) is 37.8 Å². The summed E-state index contributed by atoms with van der Waals surface area (Å²) in [5.74, 6) is 0.839. The van der Waals surface area contributed by atoms with E-state index in [4.69, 9.17) is 5.73 Å². The highest BCUT2D eigenvalue weighted by Gasteiger charge is 2.31. The van der Waals surface area contributed by atoms with E-state index in [9.17, 15) is 0 Å². The highest BCUT2D eigenvalue weighted by Crippen LogP contribution is 2.33. The summed E-state index contributed by atoms with van der Waals surface area (Å²) in [6, 6.07) is 8.22.